The second kappa shape index (κ2) is 7.04. The highest BCUT2D eigenvalue weighted by atomic mass is 16.5. The van der Waals surface area contributed by atoms with Gasteiger partial charge in [0.15, 0.2) is 0 Å². The van der Waals surface area contributed by atoms with Gasteiger partial charge >= 0.3 is 5.97 Å². The molecular formula is C14H25N3O3. The van der Waals surface area contributed by atoms with Crippen molar-refractivity contribution in [1.82, 2.24) is 15.1 Å². The third kappa shape index (κ3) is 3.49. The van der Waals surface area contributed by atoms with Crippen LogP contribution in [0.15, 0.2) is 0 Å². The van der Waals surface area contributed by atoms with Gasteiger partial charge in [0.1, 0.15) is 0 Å². The topological polar surface area (TPSA) is 61.9 Å². The Morgan fingerprint density at radius 3 is 2.30 bits per heavy atom. The SMILES string of the molecule is COC(=O)C1CCN(C(=O)C(C)N2CCNCC2)CC1. The summed E-state index contributed by atoms with van der Waals surface area (Å²) in [6.07, 6.45) is 1.43. The van der Waals surface area contributed by atoms with E-state index in [-0.39, 0.29) is 23.8 Å². The Kier molecular flexibility index (Phi) is 5.37. The van der Waals surface area contributed by atoms with Crippen molar-refractivity contribution < 1.29 is 14.3 Å². The quantitative estimate of drug-likeness (QED) is 0.720. The molecule has 2 aliphatic heterocycles. The summed E-state index contributed by atoms with van der Waals surface area (Å²) in [5.41, 5.74) is 0. The van der Waals surface area contributed by atoms with Gasteiger partial charge in [0.05, 0.1) is 19.1 Å². The Bertz CT molecular complexity index is 348. The number of nitrogens with one attached hydrogen (secondary N) is 1. The molecule has 6 nitrogen and oxygen atoms in total. The minimum Gasteiger partial charge on any atom is -0.469 e. The molecule has 6 heteroatoms. The van der Waals surface area contributed by atoms with Crippen molar-refractivity contribution in [1.29, 1.82) is 0 Å². The summed E-state index contributed by atoms with van der Waals surface area (Å²) in [7, 11) is 1.42. The van der Waals surface area contributed by atoms with Crippen molar-refractivity contribution in [3.63, 3.8) is 0 Å². The molecule has 0 aromatic rings. The van der Waals surface area contributed by atoms with Crippen molar-refractivity contribution >= 4 is 11.9 Å². The van der Waals surface area contributed by atoms with Gasteiger partial charge in [-0.3, -0.25) is 14.5 Å². The highest BCUT2D eigenvalue weighted by molar-refractivity contribution is 5.82. The molecule has 2 aliphatic rings. The number of nitrogens with zero attached hydrogens (tertiary/aromatic N) is 2. The Labute approximate surface area is 120 Å². The van der Waals surface area contributed by atoms with Gasteiger partial charge in [0.25, 0.3) is 0 Å². The monoisotopic (exact) mass is 283 g/mol. The summed E-state index contributed by atoms with van der Waals surface area (Å²) < 4.78 is 4.77. The maximum Gasteiger partial charge on any atom is 0.308 e. The molecule has 2 saturated heterocycles. The normalized spacial score (nSPS) is 23.4. The molecule has 0 aliphatic carbocycles. The van der Waals surface area contributed by atoms with E-state index in [0.717, 1.165) is 26.2 Å². The van der Waals surface area contributed by atoms with Crippen molar-refractivity contribution in [2.75, 3.05) is 46.4 Å². The predicted octanol–water partition coefficient (Wildman–Crippen LogP) is -0.308. The third-order valence-corrected chi connectivity index (χ3v) is 4.40. The van der Waals surface area contributed by atoms with Gasteiger partial charge in [-0.15, -0.1) is 0 Å². The van der Waals surface area contributed by atoms with Crippen molar-refractivity contribution in [2.24, 2.45) is 5.92 Å². The molecule has 0 saturated carbocycles. The second-order valence-electron chi connectivity index (χ2n) is 5.58. The van der Waals surface area contributed by atoms with E-state index in [1.54, 1.807) is 0 Å². The molecule has 1 amide bonds. The molecule has 20 heavy (non-hydrogen) atoms. The van der Waals surface area contributed by atoms with Crippen LogP contribution < -0.4 is 5.32 Å². The van der Waals surface area contributed by atoms with Gasteiger partial charge in [-0.2, -0.15) is 0 Å². The number of ether oxygens (including phenoxy) is 1. The van der Waals surface area contributed by atoms with Gasteiger partial charge in [-0.05, 0) is 19.8 Å². The number of rotatable bonds is 3. The highest BCUT2D eigenvalue weighted by Crippen LogP contribution is 2.19. The molecular weight excluding hydrogens is 258 g/mol. The summed E-state index contributed by atoms with van der Waals surface area (Å²) in [5, 5.41) is 3.29. The molecule has 0 bridgehead atoms. The maximum atomic E-state index is 12.5. The van der Waals surface area contributed by atoms with Crippen LogP contribution in [0.1, 0.15) is 19.8 Å². The van der Waals surface area contributed by atoms with Gasteiger partial charge in [-0.25, -0.2) is 0 Å². The van der Waals surface area contributed by atoms with E-state index in [1.807, 2.05) is 11.8 Å². The van der Waals surface area contributed by atoms with Crippen LogP contribution in [-0.2, 0) is 14.3 Å². The van der Waals surface area contributed by atoms with Gasteiger partial charge in [0.2, 0.25) is 5.91 Å². The first-order valence-corrected chi connectivity index (χ1v) is 7.45. The highest BCUT2D eigenvalue weighted by Gasteiger charge is 2.31. The van der Waals surface area contributed by atoms with Crippen LogP contribution in [-0.4, -0.2) is 74.1 Å². The number of likely N-dealkylation sites (tertiary alicyclic amines) is 1. The summed E-state index contributed by atoms with van der Waals surface area (Å²) in [6.45, 7) is 7.05. The van der Waals surface area contributed by atoms with Crippen molar-refractivity contribution in [3.8, 4) is 0 Å². The average Bonchev–Trinajstić information content (AvgIpc) is 2.53. The van der Waals surface area contributed by atoms with E-state index in [4.69, 9.17) is 4.74 Å². The molecule has 0 aromatic carbocycles. The molecule has 1 unspecified atom stereocenters. The van der Waals surface area contributed by atoms with Crippen LogP contribution in [0.4, 0.5) is 0 Å². The maximum absolute atomic E-state index is 12.5. The number of esters is 1. The lowest BCUT2D eigenvalue weighted by molar-refractivity contribution is -0.149. The smallest absolute Gasteiger partial charge is 0.308 e. The number of hydrogen-bond acceptors (Lipinski definition) is 5. The van der Waals surface area contributed by atoms with Crippen molar-refractivity contribution in [3.05, 3.63) is 0 Å². The van der Waals surface area contributed by atoms with Gasteiger partial charge in [0, 0.05) is 39.3 Å². The number of carbonyl (C=O) groups excluding carboxylic acids is 2. The summed E-state index contributed by atoms with van der Waals surface area (Å²) in [4.78, 5) is 28.1. The number of methoxy groups -OCH3 is 1. The number of carbonyl (C=O) groups is 2. The molecule has 2 fully saturated rings. The fourth-order valence-corrected chi connectivity index (χ4v) is 2.99. The number of amides is 1. The lowest BCUT2D eigenvalue weighted by Crippen LogP contribution is -2.54. The first-order chi connectivity index (χ1) is 9.63. The van der Waals surface area contributed by atoms with Crippen LogP contribution in [0.25, 0.3) is 0 Å². The molecule has 1 N–H and O–H groups in total. The molecule has 0 spiro atoms. The predicted molar refractivity (Wildman–Crippen MR) is 75.2 cm³/mol. The van der Waals surface area contributed by atoms with E-state index in [9.17, 15) is 9.59 Å². The Morgan fingerprint density at radius 2 is 1.75 bits per heavy atom. The largest absolute Gasteiger partial charge is 0.469 e. The molecule has 1 atom stereocenters. The first kappa shape index (κ1) is 15.3. The van der Waals surface area contributed by atoms with E-state index in [0.29, 0.717) is 25.9 Å². The molecule has 0 radical (unpaired) electrons. The van der Waals surface area contributed by atoms with Crippen LogP contribution >= 0.6 is 0 Å². The van der Waals surface area contributed by atoms with Crippen LogP contribution in [0.2, 0.25) is 0 Å². The Hall–Kier alpha value is -1.14. The average molecular weight is 283 g/mol. The standard InChI is InChI=1S/C14H25N3O3/c1-11(16-9-5-15-6-10-16)13(18)17-7-3-12(4-8-17)14(19)20-2/h11-12,15H,3-10H2,1-2H3. The van der Waals surface area contributed by atoms with Gasteiger partial charge < -0.3 is 15.0 Å². The lowest BCUT2D eigenvalue weighted by Gasteiger charge is -2.37. The zero-order chi connectivity index (χ0) is 14.5. The fraction of sp³-hybridized carbons (Fsp3) is 0.857. The Morgan fingerprint density at radius 1 is 1.15 bits per heavy atom. The number of hydrogen-bond donors (Lipinski definition) is 1. The van der Waals surface area contributed by atoms with Gasteiger partial charge in [-0.1, -0.05) is 0 Å². The molecule has 0 aromatic heterocycles. The van der Waals surface area contributed by atoms with Crippen LogP contribution in [0.3, 0.4) is 0 Å². The zero-order valence-electron chi connectivity index (χ0n) is 12.4. The third-order valence-electron chi connectivity index (χ3n) is 4.40. The lowest BCUT2D eigenvalue weighted by atomic mass is 9.96. The number of piperidine rings is 1. The molecule has 114 valence electrons. The van der Waals surface area contributed by atoms with E-state index in [1.165, 1.54) is 7.11 Å². The number of piperazine rings is 1. The fourth-order valence-electron chi connectivity index (χ4n) is 2.99. The molecule has 2 rings (SSSR count). The Balaban J connectivity index is 1.83. The second-order valence-corrected chi connectivity index (χ2v) is 5.58. The minimum absolute atomic E-state index is 0.0430. The minimum atomic E-state index is -0.146. The molecule has 2 heterocycles. The summed E-state index contributed by atoms with van der Waals surface area (Å²) >= 11 is 0. The van der Waals surface area contributed by atoms with E-state index >= 15 is 0 Å². The first-order valence-electron chi connectivity index (χ1n) is 7.45. The van der Waals surface area contributed by atoms with E-state index < -0.39 is 0 Å². The van der Waals surface area contributed by atoms with Crippen LogP contribution in [0, 0.1) is 5.92 Å². The van der Waals surface area contributed by atoms with E-state index in [2.05, 4.69) is 10.2 Å². The summed E-state index contributed by atoms with van der Waals surface area (Å²) in [6, 6.07) is -0.0632. The zero-order valence-corrected chi connectivity index (χ0v) is 12.4. The summed E-state index contributed by atoms with van der Waals surface area (Å²) in [5.74, 6) is 0.000936. The van der Waals surface area contributed by atoms with Crippen LogP contribution in [0.5, 0.6) is 0 Å². The van der Waals surface area contributed by atoms with Crippen molar-refractivity contribution in [2.45, 2.75) is 25.8 Å².